The number of carbonyl (C=O) groups is 1. The second kappa shape index (κ2) is 8.58. The third kappa shape index (κ3) is 5.23. The number of aryl methyl sites for hydroxylation is 1. The molecule has 6 heteroatoms. The number of rotatable bonds is 5. The van der Waals surface area contributed by atoms with Crippen LogP contribution in [0, 0.1) is 12.8 Å². The van der Waals surface area contributed by atoms with E-state index in [1.165, 1.54) is 0 Å². The van der Waals surface area contributed by atoms with E-state index in [4.69, 9.17) is 14.2 Å². The van der Waals surface area contributed by atoms with Crippen LogP contribution in [0.15, 0.2) is 47.5 Å². The summed E-state index contributed by atoms with van der Waals surface area (Å²) in [6.45, 7) is 7.08. The number of fused-ring (bicyclic) bond motifs is 1. The molecule has 0 saturated heterocycles. The van der Waals surface area contributed by atoms with Crippen molar-refractivity contribution < 1.29 is 19.0 Å². The van der Waals surface area contributed by atoms with Gasteiger partial charge in [0.2, 0.25) is 6.79 Å². The zero-order valence-corrected chi connectivity index (χ0v) is 15.8. The third-order valence-electron chi connectivity index (χ3n) is 3.90. The molecule has 0 atom stereocenters. The highest BCUT2D eigenvalue weighted by Crippen LogP contribution is 2.32. The number of carbonyl (C=O) groups excluding carboxylic acids is 1. The maximum absolute atomic E-state index is 12.5. The molecule has 2 aromatic rings. The highest BCUT2D eigenvalue weighted by atomic mass is 16.7. The molecule has 1 amide bonds. The van der Waals surface area contributed by atoms with E-state index in [0.29, 0.717) is 30.4 Å². The molecule has 0 radical (unpaired) electrons. The van der Waals surface area contributed by atoms with Crippen molar-refractivity contribution in [1.82, 2.24) is 5.32 Å². The number of amidine groups is 1. The van der Waals surface area contributed by atoms with E-state index in [2.05, 4.69) is 10.3 Å². The van der Waals surface area contributed by atoms with Gasteiger partial charge in [0.15, 0.2) is 11.5 Å². The highest BCUT2D eigenvalue weighted by Gasteiger charge is 2.14. The molecular weight excluding hydrogens is 344 g/mol. The number of nitrogens with zero attached hydrogens (tertiary/aromatic N) is 1. The molecule has 0 unspecified atom stereocenters. The van der Waals surface area contributed by atoms with Crippen molar-refractivity contribution in [3.05, 3.63) is 59.2 Å². The van der Waals surface area contributed by atoms with Gasteiger partial charge in [0, 0.05) is 5.56 Å². The van der Waals surface area contributed by atoms with E-state index in [-0.39, 0.29) is 18.7 Å². The zero-order valence-electron chi connectivity index (χ0n) is 15.8. The number of nitrogens with one attached hydrogen (secondary N) is 1. The first kappa shape index (κ1) is 18.8. The second-order valence-electron chi connectivity index (χ2n) is 6.84. The standard InChI is InChI=1S/C21H24N2O4/c1-14(2)12-25-21(23-20(24)17-6-4-5-15(3)9-17)22-11-16-7-8-18-19(10-16)27-13-26-18/h4-10,14H,11-13H2,1-3H3,(H,22,23,24). The largest absolute Gasteiger partial charge is 0.465 e. The van der Waals surface area contributed by atoms with Gasteiger partial charge >= 0.3 is 0 Å². The molecule has 0 bridgehead atoms. The lowest BCUT2D eigenvalue weighted by Crippen LogP contribution is -2.33. The summed E-state index contributed by atoms with van der Waals surface area (Å²) in [7, 11) is 0. The van der Waals surface area contributed by atoms with Gasteiger partial charge in [-0.3, -0.25) is 10.1 Å². The van der Waals surface area contributed by atoms with Crippen molar-refractivity contribution in [2.45, 2.75) is 27.3 Å². The molecule has 1 aliphatic heterocycles. The molecule has 0 fully saturated rings. The summed E-state index contributed by atoms with van der Waals surface area (Å²) in [5, 5.41) is 2.77. The SMILES string of the molecule is Cc1cccc(C(=O)NC(=NCc2ccc3c(c2)OCO3)OCC(C)C)c1. The summed E-state index contributed by atoms with van der Waals surface area (Å²) in [6.07, 6.45) is 0. The van der Waals surface area contributed by atoms with E-state index in [0.717, 1.165) is 16.9 Å². The topological polar surface area (TPSA) is 69.2 Å². The van der Waals surface area contributed by atoms with Crippen molar-refractivity contribution in [1.29, 1.82) is 0 Å². The van der Waals surface area contributed by atoms with Gasteiger partial charge in [-0.05, 0) is 42.7 Å². The van der Waals surface area contributed by atoms with Crippen molar-refractivity contribution in [3.8, 4) is 11.5 Å². The molecule has 1 heterocycles. The Morgan fingerprint density at radius 2 is 2.00 bits per heavy atom. The van der Waals surface area contributed by atoms with Crippen LogP contribution in [0.3, 0.4) is 0 Å². The molecule has 142 valence electrons. The van der Waals surface area contributed by atoms with Crippen LogP contribution in [0.4, 0.5) is 0 Å². The summed E-state index contributed by atoms with van der Waals surface area (Å²) in [5.74, 6) is 1.51. The monoisotopic (exact) mass is 368 g/mol. The first-order valence-corrected chi connectivity index (χ1v) is 8.95. The fraction of sp³-hybridized carbons (Fsp3) is 0.333. The Morgan fingerprint density at radius 3 is 2.78 bits per heavy atom. The lowest BCUT2D eigenvalue weighted by atomic mass is 10.1. The number of aliphatic imine (C=N–C) groups is 1. The average Bonchev–Trinajstić information content (AvgIpc) is 3.11. The maximum Gasteiger partial charge on any atom is 0.292 e. The van der Waals surface area contributed by atoms with E-state index < -0.39 is 0 Å². The smallest absolute Gasteiger partial charge is 0.292 e. The van der Waals surface area contributed by atoms with Gasteiger partial charge in [-0.2, -0.15) is 0 Å². The molecule has 0 saturated carbocycles. The fourth-order valence-electron chi connectivity index (χ4n) is 2.52. The van der Waals surface area contributed by atoms with Gasteiger partial charge in [-0.25, -0.2) is 4.99 Å². The van der Waals surface area contributed by atoms with Crippen LogP contribution in [-0.2, 0) is 11.3 Å². The predicted molar refractivity (Wildman–Crippen MR) is 103 cm³/mol. The van der Waals surface area contributed by atoms with Crippen LogP contribution < -0.4 is 14.8 Å². The molecule has 1 N–H and O–H groups in total. The molecule has 0 aromatic heterocycles. The number of ether oxygens (including phenoxy) is 3. The molecular formula is C21H24N2O4. The quantitative estimate of drug-likeness (QED) is 0.646. The minimum atomic E-state index is -0.244. The molecule has 0 aliphatic carbocycles. The van der Waals surface area contributed by atoms with Crippen molar-refractivity contribution in [2.75, 3.05) is 13.4 Å². The summed E-state index contributed by atoms with van der Waals surface area (Å²) in [6, 6.07) is 13.3. The summed E-state index contributed by atoms with van der Waals surface area (Å²) in [4.78, 5) is 17.0. The Morgan fingerprint density at radius 1 is 1.19 bits per heavy atom. The third-order valence-corrected chi connectivity index (χ3v) is 3.90. The maximum atomic E-state index is 12.5. The van der Waals surface area contributed by atoms with Gasteiger partial charge < -0.3 is 14.2 Å². The van der Waals surface area contributed by atoms with Gasteiger partial charge in [-0.1, -0.05) is 37.6 Å². The van der Waals surface area contributed by atoms with Crippen LogP contribution in [0.25, 0.3) is 0 Å². The number of amides is 1. The van der Waals surface area contributed by atoms with Crippen LogP contribution >= 0.6 is 0 Å². The Hall–Kier alpha value is -3.02. The average molecular weight is 368 g/mol. The zero-order chi connectivity index (χ0) is 19.2. The second-order valence-corrected chi connectivity index (χ2v) is 6.84. The molecule has 3 rings (SSSR count). The molecule has 1 aliphatic rings. The number of benzene rings is 2. The lowest BCUT2D eigenvalue weighted by molar-refractivity contribution is 0.0963. The van der Waals surface area contributed by atoms with Gasteiger partial charge in [0.05, 0.1) is 13.2 Å². The van der Waals surface area contributed by atoms with Crippen LogP contribution in [0.5, 0.6) is 11.5 Å². The van der Waals surface area contributed by atoms with Crippen LogP contribution in [0.2, 0.25) is 0 Å². The Labute approximate surface area is 159 Å². The Kier molecular flexibility index (Phi) is 5.96. The number of hydrogen-bond donors (Lipinski definition) is 1. The van der Waals surface area contributed by atoms with Crippen molar-refractivity contribution in [3.63, 3.8) is 0 Å². The summed E-state index contributed by atoms with van der Waals surface area (Å²) in [5.41, 5.74) is 2.53. The summed E-state index contributed by atoms with van der Waals surface area (Å²) >= 11 is 0. The molecule has 6 nitrogen and oxygen atoms in total. The first-order valence-electron chi connectivity index (χ1n) is 8.95. The van der Waals surface area contributed by atoms with Crippen molar-refractivity contribution >= 4 is 11.9 Å². The predicted octanol–water partition coefficient (Wildman–Crippen LogP) is 3.68. The minimum Gasteiger partial charge on any atom is -0.465 e. The minimum absolute atomic E-state index is 0.216. The fourth-order valence-corrected chi connectivity index (χ4v) is 2.52. The van der Waals surface area contributed by atoms with E-state index in [1.807, 2.05) is 57.2 Å². The van der Waals surface area contributed by atoms with Crippen LogP contribution in [0.1, 0.15) is 35.3 Å². The normalized spacial score (nSPS) is 13.0. The summed E-state index contributed by atoms with van der Waals surface area (Å²) < 4.78 is 16.4. The molecule has 2 aromatic carbocycles. The van der Waals surface area contributed by atoms with E-state index >= 15 is 0 Å². The molecule has 0 spiro atoms. The van der Waals surface area contributed by atoms with E-state index in [9.17, 15) is 4.79 Å². The van der Waals surface area contributed by atoms with E-state index in [1.54, 1.807) is 6.07 Å². The Bertz CT molecular complexity index is 846. The Balaban J connectivity index is 1.71. The van der Waals surface area contributed by atoms with Gasteiger partial charge in [0.1, 0.15) is 0 Å². The number of hydrogen-bond acceptors (Lipinski definition) is 5. The van der Waals surface area contributed by atoms with Gasteiger partial charge in [-0.15, -0.1) is 0 Å². The highest BCUT2D eigenvalue weighted by molar-refractivity contribution is 6.04. The first-order chi connectivity index (χ1) is 13.0. The lowest BCUT2D eigenvalue weighted by Gasteiger charge is -2.13. The van der Waals surface area contributed by atoms with Crippen LogP contribution in [-0.4, -0.2) is 25.3 Å². The molecule has 27 heavy (non-hydrogen) atoms. The van der Waals surface area contributed by atoms with Gasteiger partial charge in [0.25, 0.3) is 11.9 Å². The van der Waals surface area contributed by atoms with Crippen molar-refractivity contribution in [2.24, 2.45) is 10.9 Å².